The van der Waals surface area contributed by atoms with Gasteiger partial charge in [0.05, 0.1) is 11.3 Å². The lowest BCUT2D eigenvalue weighted by Crippen LogP contribution is -2.15. The normalized spacial score (nSPS) is 10.2. The van der Waals surface area contributed by atoms with Gasteiger partial charge in [0.15, 0.2) is 11.6 Å². The number of halogens is 3. The molecule has 0 unspecified atom stereocenters. The number of carbonyl (C=O) groups excluding carboxylic acids is 1. The van der Waals surface area contributed by atoms with Crippen molar-refractivity contribution in [2.24, 2.45) is 0 Å². The molecule has 0 aliphatic heterocycles. The Morgan fingerprint density at radius 1 is 1.00 bits per heavy atom. The molecule has 0 saturated heterocycles. The molecule has 1 amide bonds. The number of anilines is 1. The van der Waals surface area contributed by atoms with Crippen LogP contribution in [0.4, 0.5) is 18.9 Å². The SMILES string of the molecule is O=C(Nc1cc(F)c(F)cc1C(=O)O)c1cccc(F)c1. The fourth-order valence-electron chi connectivity index (χ4n) is 1.65. The Hall–Kier alpha value is -2.83. The molecular formula is C14H8F3NO3. The van der Waals surface area contributed by atoms with Gasteiger partial charge in [-0.15, -0.1) is 0 Å². The summed E-state index contributed by atoms with van der Waals surface area (Å²) in [6, 6.07) is 5.63. The van der Waals surface area contributed by atoms with E-state index in [-0.39, 0.29) is 5.56 Å². The molecule has 0 heterocycles. The third-order valence-corrected chi connectivity index (χ3v) is 2.63. The monoisotopic (exact) mass is 295 g/mol. The Morgan fingerprint density at radius 2 is 1.67 bits per heavy atom. The molecule has 0 fully saturated rings. The summed E-state index contributed by atoms with van der Waals surface area (Å²) in [4.78, 5) is 22.8. The fourth-order valence-corrected chi connectivity index (χ4v) is 1.65. The smallest absolute Gasteiger partial charge is 0.337 e. The number of carbonyl (C=O) groups is 2. The predicted molar refractivity (Wildman–Crippen MR) is 67.7 cm³/mol. The van der Waals surface area contributed by atoms with Crippen LogP contribution < -0.4 is 5.32 Å². The van der Waals surface area contributed by atoms with Gasteiger partial charge in [0.1, 0.15) is 5.82 Å². The summed E-state index contributed by atoms with van der Waals surface area (Å²) >= 11 is 0. The first-order valence-corrected chi connectivity index (χ1v) is 5.67. The van der Waals surface area contributed by atoms with Gasteiger partial charge in [0, 0.05) is 11.6 Å². The number of amides is 1. The molecule has 2 rings (SSSR count). The van der Waals surface area contributed by atoms with E-state index in [0.717, 1.165) is 12.1 Å². The zero-order valence-corrected chi connectivity index (χ0v) is 10.4. The summed E-state index contributed by atoms with van der Waals surface area (Å²) in [5, 5.41) is 11.0. The van der Waals surface area contributed by atoms with Crippen molar-refractivity contribution >= 4 is 17.6 Å². The molecule has 2 aromatic rings. The highest BCUT2D eigenvalue weighted by atomic mass is 19.2. The van der Waals surface area contributed by atoms with Gasteiger partial charge in [0.2, 0.25) is 0 Å². The van der Waals surface area contributed by atoms with Gasteiger partial charge in [-0.3, -0.25) is 4.79 Å². The molecular weight excluding hydrogens is 287 g/mol. The third kappa shape index (κ3) is 3.19. The van der Waals surface area contributed by atoms with Gasteiger partial charge < -0.3 is 10.4 Å². The third-order valence-electron chi connectivity index (χ3n) is 2.63. The molecule has 7 heteroatoms. The van der Waals surface area contributed by atoms with Crippen molar-refractivity contribution in [3.8, 4) is 0 Å². The van der Waals surface area contributed by atoms with E-state index >= 15 is 0 Å². The molecule has 4 nitrogen and oxygen atoms in total. The Balaban J connectivity index is 2.37. The van der Waals surface area contributed by atoms with Crippen molar-refractivity contribution in [2.45, 2.75) is 0 Å². The van der Waals surface area contributed by atoms with Gasteiger partial charge in [-0.05, 0) is 24.3 Å². The molecule has 0 saturated carbocycles. The molecule has 2 aromatic carbocycles. The predicted octanol–water partition coefficient (Wildman–Crippen LogP) is 3.05. The average Bonchev–Trinajstić information content (AvgIpc) is 2.42. The first-order chi connectivity index (χ1) is 9.88. The van der Waals surface area contributed by atoms with Crippen LogP contribution >= 0.6 is 0 Å². The maximum Gasteiger partial charge on any atom is 0.337 e. The molecule has 0 radical (unpaired) electrons. The molecule has 108 valence electrons. The Morgan fingerprint density at radius 3 is 2.29 bits per heavy atom. The van der Waals surface area contributed by atoms with Gasteiger partial charge in [-0.1, -0.05) is 6.07 Å². The minimum absolute atomic E-state index is 0.0870. The number of rotatable bonds is 3. The van der Waals surface area contributed by atoms with Crippen LogP contribution in [0.25, 0.3) is 0 Å². The Bertz CT molecular complexity index is 731. The molecule has 0 bridgehead atoms. The lowest BCUT2D eigenvalue weighted by molar-refractivity contribution is 0.0697. The summed E-state index contributed by atoms with van der Waals surface area (Å²) in [6.07, 6.45) is 0. The van der Waals surface area contributed by atoms with Crippen LogP contribution in [0.2, 0.25) is 0 Å². The largest absolute Gasteiger partial charge is 0.478 e. The molecule has 0 aliphatic carbocycles. The lowest BCUT2D eigenvalue weighted by atomic mass is 10.1. The molecule has 0 spiro atoms. The molecule has 0 aromatic heterocycles. The second-order valence-electron chi connectivity index (χ2n) is 4.08. The fraction of sp³-hybridized carbons (Fsp3) is 0. The number of carboxylic acid groups (broad SMARTS) is 1. The number of hydrogen-bond donors (Lipinski definition) is 2. The van der Waals surface area contributed by atoms with Crippen molar-refractivity contribution in [1.82, 2.24) is 0 Å². The van der Waals surface area contributed by atoms with E-state index in [2.05, 4.69) is 5.32 Å². The van der Waals surface area contributed by atoms with Crippen LogP contribution in [0.1, 0.15) is 20.7 Å². The minimum Gasteiger partial charge on any atom is -0.478 e. The van der Waals surface area contributed by atoms with Crippen LogP contribution in [0.3, 0.4) is 0 Å². The maximum atomic E-state index is 13.2. The topological polar surface area (TPSA) is 66.4 Å². The molecule has 21 heavy (non-hydrogen) atoms. The number of carboxylic acids is 1. The number of hydrogen-bond acceptors (Lipinski definition) is 2. The first kappa shape index (κ1) is 14.6. The van der Waals surface area contributed by atoms with E-state index < -0.39 is 40.6 Å². The van der Waals surface area contributed by atoms with Crippen molar-refractivity contribution in [1.29, 1.82) is 0 Å². The second-order valence-corrected chi connectivity index (χ2v) is 4.08. The average molecular weight is 295 g/mol. The van der Waals surface area contributed by atoms with E-state index in [1.807, 2.05) is 0 Å². The summed E-state index contributed by atoms with van der Waals surface area (Å²) in [7, 11) is 0. The van der Waals surface area contributed by atoms with E-state index in [4.69, 9.17) is 5.11 Å². The zero-order valence-electron chi connectivity index (χ0n) is 10.4. The van der Waals surface area contributed by atoms with E-state index in [9.17, 15) is 22.8 Å². The summed E-state index contributed by atoms with van der Waals surface area (Å²) in [5.74, 6) is -5.71. The molecule has 0 atom stereocenters. The van der Waals surface area contributed by atoms with Crippen molar-refractivity contribution in [3.05, 3.63) is 65.0 Å². The molecule has 0 aliphatic rings. The van der Waals surface area contributed by atoms with Gasteiger partial charge in [-0.25, -0.2) is 18.0 Å². The number of benzene rings is 2. The van der Waals surface area contributed by atoms with Crippen LogP contribution in [-0.4, -0.2) is 17.0 Å². The highest BCUT2D eigenvalue weighted by Gasteiger charge is 2.17. The first-order valence-electron chi connectivity index (χ1n) is 5.67. The number of aromatic carboxylic acids is 1. The van der Waals surface area contributed by atoms with Gasteiger partial charge in [0.25, 0.3) is 5.91 Å². The van der Waals surface area contributed by atoms with Crippen LogP contribution in [0.15, 0.2) is 36.4 Å². The maximum absolute atomic E-state index is 13.2. The molecule has 2 N–H and O–H groups in total. The lowest BCUT2D eigenvalue weighted by Gasteiger charge is -2.09. The van der Waals surface area contributed by atoms with Crippen molar-refractivity contribution in [2.75, 3.05) is 5.32 Å². The highest BCUT2D eigenvalue weighted by molar-refractivity contribution is 6.07. The van der Waals surface area contributed by atoms with Gasteiger partial charge >= 0.3 is 5.97 Å². The standard InChI is InChI=1S/C14H8F3NO3/c15-8-3-1-2-7(4-8)13(19)18-12-6-11(17)10(16)5-9(12)14(20)21/h1-6H,(H,18,19)(H,20,21). The van der Waals surface area contributed by atoms with Crippen molar-refractivity contribution in [3.63, 3.8) is 0 Å². The zero-order chi connectivity index (χ0) is 15.6. The van der Waals surface area contributed by atoms with E-state index in [0.29, 0.717) is 12.1 Å². The van der Waals surface area contributed by atoms with Gasteiger partial charge in [-0.2, -0.15) is 0 Å². The summed E-state index contributed by atoms with van der Waals surface area (Å²) in [6.45, 7) is 0. The van der Waals surface area contributed by atoms with Crippen LogP contribution in [0, 0.1) is 17.5 Å². The highest BCUT2D eigenvalue weighted by Crippen LogP contribution is 2.21. The van der Waals surface area contributed by atoms with Crippen LogP contribution in [0.5, 0.6) is 0 Å². The summed E-state index contributed by atoms with van der Waals surface area (Å²) < 4.78 is 39.2. The second kappa shape index (κ2) is 5.66. The minimum atomic E-state index is -1.54. The van der Waals surface area contributed by atoms with E-state index in [1.165, 1.54) is 12.1 Å². The van der Waals surface area contributed by atoms with Crippen molar-refractivity contribution < 1.29 is 27.9 Å². The number of nitrogens with one attached hydrogen (secondary N) is 1. The van der Waals surface area contributed by atoms with Crippen LogP contribution in [-0.2, 0) is 0 Å². The quantitative estimate of drug-likeness (QED) is 0.914. The van der Waals surface area contributed by atoms with E-state index in [1.54, 1.807) is 0 Å². The Labute approximate surface area is 116 Å². The Kier molecular flexibility index (Phi) is 3.93. The summed E-state index contributed by atoms with van der Waals surface area (Å²) in [5.41, 5.74) is -1.12.